The predicted molar refractivity (Wildman–Crippen MR) is 100 cm³/mol. The number of aromatic hydroxyl groups is 1. The first-order valence-corrected chi connectivity index (χ1v) is 9.36. The normalized spacial score (nSPS) is 16.3. The van der Waals surface area contributed by atoms with Gasteiger partial charge in [0.05, 0.1) is 24.5 Å². The number of nitrogens with one attached hydrogen (secondary N) is 1. The second-order valence-electron chi connectivity index (χ2n) is 6.79. The molecule has 0 radical (unpaired) electrons. The third-order valence-electron chi connectivity index (χ3n) is 4.94. The van der Waals surface area contributed by atoms with Gasteiger partial charge in [-0.3, -0.25) is 9.69 Å². The van der Waals surface area contributed by atoms with Crippen LogP contribution in [0.5, 0.6) is 5.88 Å². The van der Waals surface area contributed by atoms with Crippen molar-refractivity contribution in [1.82, 2.24) is 9.55 Å². The molecule has 0 aliphatic carbocycles. The molecular weight excluding hydrogens is 409 g/mol. The molecule has 152 valence electrons. The van der Waals surface area contributed by atoms with Gasteiger partial charge in [0, 0.05) is 6.20 Å². The molecule has 2 aromatic heterocycles. The summed E-state index contributed by atoms with van der Waals surface area (Å²) in [6.07, 6.45) is -3.06. The molecule has 1 aromatic carbocycles. The Balaban J connectivity index is 1.99. The van der Waals surface area contributed by atoms with E-state index in [-0.39, 0.29) is 16.0 Å². The summed E-state index contributed by atoms with van der Waals surface area (Å²) in [5, 5.41) is 10.7. The van der Waals surface area contributed by atoms with Crippen LogP contribution in [0.2, 0.25) is 0 Å². The Morgan fingerprint density at radius 3 is 2.66 bits per heavy atom. The Bertz CT molecular complexity index is 1230. The molecule has 1 aliphatic heterocycles. The molecule has 0 bridgehead atoms. The van der Waals surface area contributed by atoms with E-state index in [0.29, 0.717) is 17.4 Å². The number of aromatic nitrogens is 3. The summed E-state index contributed by atoms with van der Waals surface area (Å²) in [6.45, 7) is 0.363. The minimum atomic E-state index is -4.58. The zero-order chi connectivity index (χ0) is 21.1. The SMILES string of the molecule is CN1CC(c2c[nH]c(=O)s2)n2c1[n+](C)c(O)c(-c1cccc(C(F)(F)F)c1)c2=O. The number of halogens is 3. The molecule has 7 nitrogen and oxygen atoms in total. The number of thiazole rings is 1. The maximum Gasteiger partial charge on any atom is 0.416 e. The van der Waals surface area contributed by atoms with Gasteiger partial charge in [-0.25, -0.2) is 9.36 Å². The lowest BCUT2D eigenvalue weighted by molar-refractivity contribution is -0.668. The number of hydrogen-bond acceptors (Lipinski definition) is 5. The predicted octanol–water partition coefficient (Wildman–Crippen LogP) is 1.85. The number of nitrogens with zero attached hydrogens (tertiary/aromatic N) is 3. The standard InChI is InChI=1S/C18H15F3N4O3S/c1-23-8-11(12-7-22-16(28)29-12)25-15(27)13(14(26)24(2)17(23)25)9-4-3-5-10(6-9)18(19,20)21/h3-7,11H,8H2,1-2H3,(H-,22,26,27,28)/p+1. The van der Waals surface area contributed by atoms with Gasteiger partial charge in [0.15, 0.2) is 6.04 Å². The van der Waals surface area contributed by atoms with E-state index in [1.807, 2.05) is 0 Å². The molecule has 11 heteroatoms. The van der Waals surface area contributed by atoms with Gasteiger partial charge in [-0.1, -0.05) is 23.5 Å². The van der Waals surface area contributed by atoms with Gasteiger partial charge in [-0.2, -0.15) is 17.7 Å². The van der Waals surface area contributed by atoms with Crippen LogP contribution in [0, 0.1) is 0 Å². The van der Waals surface area contributed by atoms with E-state index in [4.69, 9.17) is 0 Å². The van der Waals surface area contributed by atoms with Crippen LogP contribution < -0.4 is 19.9 Å². The van der Waals surface area contributed by atoms with Crippen molar-refractivity contribution in [3.05, 3.63) is 60.9 Å². The Morgan fingerprint density at radius 1 is 1.31 bits per heavy atom. The molecule has 0 fully saturated rings. The van der Waals surface area contributed by atoms with E-state index in [2.05, 4.69) is 4.98 Å². The minimum Gasteiger partial charge on any atom is -0.483 e. The number of aromatic amines is 1. The van der Waals surface area contributed by atoms with E-state index in [1.54, 1.807) is 11.9 Å². The molecule has 0 saturated heterocycles. The lowest BCUT2D eigenvalue weighted by Gasteiger charge is -2.13. The average molecular weight is 425 g/mol. The van der Waals surface area contributed by atoms with Crippen LogP contribution in [0.15, 0.2) is 40.1 Å². The van der Waals surface area contributed by atoms with Crippen LogP contribution in [0.4, 0.5) is 19.1 Å². The quantitative estimate of drug-likeness (QED) is 0.614. The molecule has 1 aliphatic rings. The van der Waals surface area contributed by atoms with Crippen molar-refractivity contribution in [3.63, 3.8) is 0 Å². The van der Waals surface area contributed by atoms with E-state index >= 15 is 0 Å². The molecule has 1 atom stereocenters. The molecule has 3 aromatic rings. The summed E-state index contributed by atoms with van der Waals surface area (Å²) in [7, 11) is 3.25. The number of anilines is 1. The van der Waals surface area contributed by atoms with E-state index in [9.17, 15) is 27.9 Å². The van der Waals surface area contributed by atoms with Crippen molar-refractivity contribution < 1.29 is 22.8 Å². The number of likely N-dealkylation sites (N-methyl/N-ethyl adjacent to an activating group) is 1. The second-order valence-corrected chi connectivity index (χ2v) is 7.83. The number of alkyl halides is 3. The zero-order valence-electron chi connectivity index (χ0n) is 15.3. The van der Waals surface area contributed by atoms with Gasteiger partial charge >= 0.3 is 22.6 Å². The molecule has 2 N–H and O–H groups in total. The van der Waals surface area contributed by atoms with Crippen molar-refractivity contribution in [1.29, 1.82) is 0 Å². The molecule has 29 heavy (non-hydrogen) atoms. The highest BCUT2D eigenvalue weighted by atomic mass is 32.1. The fraction of sp³-hybridized carbons (Fsp3) is 0.278. The largest absolute Gasteiger partial charge is 0.483 e. The fourth-order valence-electron chi connectivity index (χ4n) is 3.66. The fourth-order valence-corrected chi connectivity index (χ4v) is 4.42. The van der Waals surface area contributed by atoms with Crippen molar-refractivity contribution in [2.24, 2.45) is 7.05 Å². The van der Waals surface area contributed by atoms with Crippen LogP contribution >= 0.6 is 11.3 Å². The van der Waals surface area contributed by atoms with E-state index in [0.717, 1.165) is 23.5 Å². The van der Waals surface area contributed by atoms with E-state index in [1.165, 1.54) is 34.5 Å². The second kappa shape index (κ2) is 6.48. The number of hydrogen-bond donors (Lipinski definition) is 2. The highest BCUT2D eigenvalue weighted by Gasteiger charge is 2.42. The first-order valence-electron chi connectivity index (χ1n) is 8.54. The molecule has 3 heterocycles. The molecule has 4 rings (SSSR count). The highest BCUT2D eigenvalue weighted by Crippen LogP contribution is 2.35. The van der Waals surface area contributed by atoms with Gasteiger partial charge in [-0.05, 0) is 17.7 Å². The molecule has 0 saturated carbocycles. The van der Waals surface area contributed by atoms with Crippen molar-refractivity contribution in [2.75, 3.05) is 18.5 Å². The molecular formula is C18H16F3N4O3S+. The summed E-state index contributed by atoms with van der Waals surface area (Å²) < 4.78 is 42.1. The first-order chi connectivity index (χ1) is 13.6. The first kappa shape index (κ1) is 19.2. The van der Waals surface area contributed by atoms with Crippen molar-refractivity contribution >= 4 is 17.3 Å². The third kappa shape index (κ3) is 3.01. The zero-order valence-corrected chi connectivity index (χ0v) is 16.1. The number of rotatable bonds is 2. The van der Waals surface area contributed by atoms with Gasteiger partial charge in [-0.15, -0.1) is 0 Å². The van der Waals surface area contributed by atoms with Crippen LogP contribution in [-0.4, -0.2) is 28.3 Å². The van der Waals surface area contributed by atoms with Gasteiger partial charge in [0.1, 0.15) is 12.1 Å². The molecule has 0 amide bonds. The van der Waals surface area contributed by atoms with Crippen LogP contribution in [0.25, 0.3) is 11.1 Å². The smallest absolute Gasteiger partial charge is 0.416 e. The van der Waals surface area contributed by atoms with Crippen molar-refractivity contribution in [3.8, 4) is 17.0 Å². The topological polar surface area (TPSA) is 82.2 Å². The van der Waals surface area contributed by atoms with Crippen molar-refractivity contribution in [2.45, 2.75) is 12.2 Å². The highest BCUT2D eigenvalue weighted by molar-refractivity contribution is 7.09. The van der Waals surface area contributed by atoms with Crippen LogP contribution in [0.1, 0.15) is 16.5 Å². The maximum atomic E-state index is 13.3. The molecule has 1 unspecified atom stereocenters. The monoisotopic (exact) mass is 425 g/mol. The van der Waals surface area contributed by atoms with Crippen LogP contribution in [0.3, 0.4) is 0 Å². The third-order valence-corrected chi connectivity index (χ3v) is 5.87. The summed E-state index contributed by atoms with van der Waals surface area (Å²) in [5.41, 5.74) is -1.82. The summed E-state index contributed by atoms with van der Waals surface area (Å²) in [6, 6.07) is 3.77. The Morgan fingerprint density at radius 2 is 2.03 bits per heavy atom. The van der Waals surface area contributed by atoms with Gasteiger partial charge < -0.3 is 10.1 Å². The summed E-state index contributed by atoms with van der Waals surface area (Å²) in [5.74, 6) is -0.0515. The summed E-state index contributed by atoms with van der Waals surface area (Å²) in [4.78, 5) is 29.5. The lowest BCUT2D eigenvalue weighted by atomic mass is 10.0. The van der Waals surface area contributed by atoms with E-state index < -0.39 is 29.2 Å². The average Bonchev–Trinajstić information content (AvgIpc) is 3.23. The van der Waals surface area contributed by atoms with Gasteiger partial charge in [0.2, 0.25) is 0 Å². The lowest BCUT2D eigenvalue weighted by Crippen LogP contribution is -2.41. The Kier molecular flexibility index (Phi) is 4.30. The Labute approximate surface area is 165 Å². The van der Waals surface area contributed by atoms with Gasteiger partial charge in [0.25, 0.3) is 5.88 Å². The number of benzene rings is 1. The van der Waals surface area contributed by atoms with Crippen LogP contribution in [-0.2, 0) is 13.2 Å². The number of fused-ring (bicyclic) bond motifs is 1. The number of H-pyrrole nitrogens is 1. The maximum absolute atomic E-state index is 13.3. The Hall–Kier alpha value is -3.08. The molecule has 0 spiro atoms. The minimum absolute atomic E-state index is 0.0382. The summed E-state index contributed by atoms with van der Waals surface area (Å²) >= 11 is 0.959.